The number of aromatic nitrogens is 3. The number of amidine groups is 1. The SMILES string of the molecule is COc1cc(-c2ccc3ncc(N=C(N)c4ccccc4)nc3n2)ccc1O. The molecule has 0 aliphatic carbocycles. The number of phenols is 1. The fourth-order valence-electron chi connectivity index (χ4n) is 2.74. The summed E-state index contributed by atoms with van der Waals surface area (Å²) in [6.07, 6.45) is 1.56. The summed E-state index contributed by atoms with van der Waals surface area (Å²) in [5.74, 6) is 1.18. The molecule has 7 nitrogen and oxygen atoms in total. The zero-order chi connectivity index (χ0) is 19.5. The molecular formula is C21H17N5O2. The summed E-state index contributed by atoms with van der Waals surface area (Å²) < 4.78 is 5.16. The van der Waals surface area contributed by atoms with Gasteiger partial charge in [0.05, 0.1) is 19.0 Å². The van der Waals surface area contributed by atoms with Gasteiger partial charge in [-0.15, -0.1) is 0 Å². The van der Waals surface area contributed by atoms with E-state index in [0.717, 1.165) is 11.1 Å². The van der Waals surface area contributed by atoms with Crippen LogP contribution < -0.4 is 10.5 Å². The third-order valence-corrected chi connectivity index (χ3v) is 4.17. The van der Waals surface area contributed by atoms with E-state index in [2.05, 4.69) is 19.9 Å². The average Bonchev–Trinajstić information content (AvgIpc) is 2.74. The number of aromatic hydroxyl groups is 1. The number of methoxy groups -OCH3 is 1. The van der Waals surface area contributed by atoms with Crippen LogP contribution in [0, 0.1) is 0 Å². The summed E-state index contributed by atoms with van der Waals surface area (Å²) >= 11 is 0. The van der Waals surface area contributed by atoms with Gasteiger partial charge in [-0.05, 0) is 30.3 Å². The Hall–Kier alpha value is -4.00. The maximum absolute atomic E-state index is 9.77. The Balaban J connectivity index is 1.73. The smallest absolute Gasteiger partial charge is 0.180 e. The molecule has 0 unspecified atom stereocenters. The van der Waals surface area contributed by atoms with Crippen molar-refractivity contribution in [1.29, 1.82) is 0 Å². The fourth-order valence-corrected chi connectivity index (χ4v) is 2.74. The molecule has 0 saturated heterocycles. The van der Waals surface area contributed by atoms with Crippen molar-refractivity contribution in [1.82, 2.24) is 15.0 Å². The number of benzene rings is 2. The highest BCUT2D eigenvalue weighted by atomic mass is 16.5. The monoisotopic (exact) mass is 371 g/mol. The van der Waals surface area contributed by atoms with Crippen LogP contribution in [0.4, 0.5) is 5.82 Å². The van der Waals surface area contributed by atoms with Crippen molar-refractivity contribution in [2.24, 2.45) is 10.7 Å². The largest absolute Gasteiger partial charge is 0.504 e. The molecule has 2 aromatic heterocycles. The van der Waals surface area contributed by atoms with E-state index < -0.39 is 0 Å². The van der Waals surface area contributed by atoms with Gasteiger partial charge in [0, 0.05) is 11.1 Å². The molecule has 7 heteroatoms. The molecule has 0 saturated carbocycles. The first-order chi connectivity index (χ1) is 13.6. The maximum Gasteiger partial charge on any atom is 0.180 e. The number of nitrogens with two attached hydrogens (primary N) is 1. The van der Waals surface area contributed by atoms with Crippen molar-refractivity contribution in [2.45, 2.75) is 0 Å². The second kappa shape index (κ2) is 7.32. The lowest BCUT2D eigenvalue weighted by Gasteiger charge is -2.07. The minimum absolute atomic E-state index is 0.0693. The minimum Gasteiger partial charge on any atom is -0.504 e. The molecule has 0 atom stereocenters. The molecule has 4 aromatic rings. The summed E-state index contributed by atoms with van der Waals surface area (Å²) in [6.45, 7) is 0. The van der Waals surface area contributed by atoms with E-state index in [9.17, 15) is 5.11 Å². The van der Waals surface area contributed by atoms with Crippen molar-refractivity contribution in [3.05, 3.63) is 72.4 Å². The number of fused-ring (bicyclic) bond motifs is 1. The second-order valence-corrected chi connectivity index (χ2v) is 6.02. The Morgan fingerprint density at radius 3 is 2.64 bits per heavy atom. The summed E-state index contributed by atoms with van der Waals surface area (Å²) in [7, 11) is 1.50. The Kier molecular flexibility index (Phi) is 4.55. The van der Waals surface area contributed by atoms with Gasteiger partial charge < -0.3 is 15.6 Å². The molecule has 0 spiro atoms. The van der Waals surface area contributed by atoms with Gasteiger partial charge in [0.25, 0.3) is 0 Å². The molecule has 0 amide bonds. The summed E-state index contributed by atoms with van der Waals surface area (Å²) in [5, 5.41) is 9.77. The number of ether oxygens (including phenoxy) is 1. The van der Waals surface area contributed by atoms with Crippen LogP contribution in [0.15, 0.2) is 71.9 Å². The first-order valence-corrected chi connectivity index (χ1v) is 8.55. The van der Waals surface area contributed by atoms with Crippen LogP contribution in [0.5, 0.6) is 11.5 Å². The molecule has 0 aliphatic heterocycles. The third kappa shape index (κ3) is 3.45. The first kappa shape index (κ1) is 17.4. The summed E-state index contributed by atoms with van der Waals surface area (Å²) in [4.78, 5) is 17.7. The molecule has 2 heterocycles. The Morgan fingerprint density at radius 1 is 1.04 bits per heavy atom. The standard InChI is InChI=1S/C21H17N5O2/c1-28-18-11-14(7-10-17(18)27)15-8-9-16-21(24-15)26-19(12-23-16)25-20(22)13-5-3-2-4-6-13/h2-12,27H,1H3,(H2,22,24,25,26). The number of hydrogen-bond donors (Lipinski definition) is 2. The number of rotatable bonds is 4. The highest BCUT2D eigenvalue weighted by Gasteiger charge is 2.08. The molecule has 4 rings (SSSR count). The van der Waals surface area contributed by atoms with Crippen LogP contribution >= 0.6 is 0 Å². The van der Waals surface area contributed by atoms with Crippen molar-refractivity contribution < 1.29 is 9.84 Å². The molecule has 28 heavy (non-hydrogen) atoms. The zero-order valence-corrected chi connectivity index (χ0v) is 15.1. The van der Waals surface area contributed by atoms with E-state index in [-0.39, 0.29) is 5.75 Å². The van der Waals surface area contributed by atoms with Gasteiger partial charge in [-0.25, -0.2) is 19.9 Å². The van der Waals surface area contributed by atoms with Crippen LogP contribution in [0.25, 0.3) is 22.4 Å². The number of aliphatic imine (C=N–C) groups is 1. The van der Waals surface area contributed by atoms with Gasteiger partial charge in [-0.3, -0.25) is 0 Å². The lowest BCUT2D eigenvalue weighted by atomic mass is 10.1. The second-order valence-electron chi connectivity index (χ2n) is 6.02. The van der Waals surface area contributed by atoms with Crippen LogP contribution in [0.1, 0.15) is 5.56 Å². The van der Waals surface area contributed by atoms with Gasteiger partial charge in [-0.1, -0.05) is 30.3 Å². The van der Waals surface area contributed by atoms with Gasteiger partial charge in [0.15, 0.2) is 23.0 Å². The number of phenolic OH excluding ortho intramolecular Hbond substituents is 1. The van der Waals surface area contributed by atoms with E-state index >= 15 is 0 Å². The van der Waals surface area contributed by atoms with Gasteiger partial charge in [0.2, 0.25) is 0 Å². The van der Waals surface area contributed by atoms with E-state index in [1.165, 1.54) is 7.11 Å². The number of hydrogen-bond acceptors (Lipinski definition) is 6. The lowest BCUT2D eigenvalue weighted by Crippen LogP contribution is -2.12. The molecular weight excluding hydrogens is 354 g/mol. The Bertz CT molecular complexity index is 1180. The number of nitrogens with zero attached hydrogens (tertiary/aromatic N) is 4. The zero-order valence-electron chi connectivity index (χ0n) is 15.1. The van der Waals surface area contributed by atoms with E-state index in [1.807, 2.05) is 42.5 Å². The molecule has 0 aliphatic rings. The average molecular weight is 371 g/mol. The van der Waals surface area contributed by atoms with Crippen molar-refractivity contribution in [3.8, 4) is 22.8 Å². The van der Waals surface area contributed by atoms with Gasteiger partial charge in [0.1, 0.15) is 11.4 Å². The van der Waals surface area contributed by atoms with Crippen LogP contribution in [-0.4, -0.2) is 33.0 Å². The quantitative estimate of drug-likeness (QED) is 0.420. The maximum atomic E-state index is 9.77. The third-order valence-electron chi connectivity index (χ3n) is 4.17. The van der Waals surface area contributed by atoms with Crippen LogP contribution in [0.3, 0.4) is 0 Å². The van der Waals surface area contributed by atoms with Crippen LogP contribution in [-0.2, 0) is 0 Å². The number of pyridine rings is 1. The molecule has 0 fully saturated rings. The predicted molar refractivity (Wildman–Crippen MR) is 108 cm³/mol. The van der Waals surface area contributed by atoms with Crippen LogP contribution in [0.2, 0.25) is 0 Å². The van der Waals surface area contributed by atoms with E-state index in [0.29, 0.717) is 34.3 Å². The molecule has 138 valence electrons. The lowest BCUT2D eigenvalue weighted by molar-refractivity contribution is 0.373. The Labute approximate surface area is 161 Å². The first-order valence-electron chi connectivity index (χ1n) is 8.55. The normalized spacial score (nSPS) is 11.5. The van der Waals surface area contributed by atoms with Crippen molar-refractivity contribution >= 4 is 22.8 Å². The Morgan fingerprint density at radius 2 is 1.86 bits per heavy atom. The topological polar surface area (TPSA) is 107 Å². The minimum atomic E-state index is 0.0693. The summed E-state index contributed by atoms with van der Waals surface area (Å²) in [6, 6.07) is 18.2. The van der Waals surface area contributed by atoms with Crippen molar-refractivity contribution in [3.63, 3.8) is 0 Å². The molecule has 2 aromatic carbocycles. The highest BCUT2D eigenvalue weighted by Crippen LogP contribution is 2.31. The molecule has 0 bridgehead atoms. The van der Waals surface area contributed by atoms with E-state index in [4.69, 9.17) is 10.5 Å². The molecule has 3 N–H and O–H groups in total. The van der Waals surface area contributed by atoms with Crippen molar-refractivity contribution in [2.75, 3.05) is 7.11 Å². The fraction of sp³-hybridized carbons (Fsp3) is 0.0476. The van der Waals surface area contributed by atoms with E-state index in [1.54, 1.807) is 24.4 Å². The van der Waals surface area contributed by atoms with Gasteiger partial charge in [-0.2, -0.15) is 0 Å². The summed E-state index contributed by atoms with van der Waals surface area (Å²) in [5.41, 5.74) is 9.43. The molecule has 0 radical (unpaired) electrons. The highest BCUT2D eigenvalue weighted by molar-refractivity contribution is 5.98. The predicted octanol–water partition coefficient (Wildman–Crippen LogP) is 3.44. The van der Waals surface area contributed by atoms with Gasteiger partial charge >= 0.3 is 0 Å².